The molecule has 2 heterocycles. The largest absolute Gasteiger partial charge is 0.495 e. The number of carbonyl (C=O) groups is 1. The predicted octanol–water partition coefficient (Wildman–Crippen LogP) is 4.65. The smallest absolute Gasteiger partial charge is 0.253 e. The van der Waals surface area contributed by atoms with Gasteiger partial charge in [-0.25, -0.2) is 9.78 Å². The Bertz CT molecular complexity index is 1420. The minimum absolute atomic E-state index is 0.0657. The van der Waals surface area contributed by atoms with Gasteiger partial charge in [0.2, 0.25) is 0 Å². The Kier molecular flexibility index (Phi) is 9.33. The number of hydrogen-bond acceptors (Lipinski definition) is 8. The summed E-state index contributed by atoms with van der Waals surface area (Å²) in [6.45, 7) is 1.29. The van der Waals surface area contributed by atoms with Crippen LogP contribution in [0.2, 0.25) is 0 Å². The molecule has 3 aromatic rings. The van der Waals surface area contributed by atoms with Crippen molar-refractivity contribution in [1.29, 1.82) is 5.41 Å². The van der Waals surface area contributed by atoms with Crippen LogP contribution in [0.3, 0.4) is 0 Å². The van der Waals surface area contributed by atoms with Gasteiger partial charge in [-0.2, -0.15) is 0 Å². The third-order valence-electron chi connectivity index (χ3n) is 7.07. The number of aromatic nitrogens is 1. The van der Waals surface area contributed by atoms with Crippen molar-refractivity contribution >= 4 is 40.8 Å². The maximum absolute atomic E-state index is 13.4. The molecular formula is C31H34N6O3. The molecule has 0 spiro atoms. The van der Waals surface area contributed by atoms with Gasteiger partial charge in [0, 0.05) is 62.5 Å². The number of anilines is 2. The van der Waals surface area contributed by atoms with Crippen molar-refractivity contribution in [2.45, 2.75) is 18.8 Å². The summed E-state index contributed by atoms with van der Waals surface area (Å²) in [5.41, 5.74) is 4.82. The first-order valence-corrected chi connectivity index (χ1v) is 13.1. The maximum atomic E-state index is 13.4. The Labute approximate surface area is 234 Å². The van der Waals surface area contributed by atoms with Gasteiger partial charge in [0.25, 0.3) is 5.91 Å². The van der Waals surface area contributed by atoms with Gasteiger partial charge in [-0.3, -0.25) is 4.79 Å². The molecule has 2 aromatic carbocycles. The zero-order valence-electron chi connectivity index (χ0n) is 23.0. The quantitative estimate of drug-likeness (QED) is 0.219. The third-order valence-corrected chi connectivity index (χ3v) is 7.07. The summed E-state index contributed by atoms with van der Waals surface area (Å²) < 4.78 is 5.47. The molecule has 1 saturated heterocycles. The number of nitrogens with zero attached hydrogens (tertiary/aromatic N) is 2. The highest BCUT2D eigenvalue weighted by atomic mass is 16.5. The van der Waals surface area contributed by atoms with Gasteiger partial charge < -0.3 is 31.0 Å². The molecule has 9 nitrogen and oxygen atoms in total. The van der Waals surface area contributed by atoms with Crippen molar-refractivity contribution in [2.24, 2.45) is 0 Å². The molecule has 1 aliphatic rings. The van der Waals surface area contributed by atoms with E-state index in [-0.39, 0.29) is 11.6 Å². The number of carbonyl (C=O) groups excluding carboxylic acids is 2. The van der Waals surface area contributed by atoms with E-state index in [1.54, 1.807) is 49.8 Å². The molecule has 0 saturated carbocycles. The number of benzene rings is 2. The van der Waals surface area contributed by atoms with E-state index in [0.29, 0.717) is 47.4 Å². The number of pyridine rings is 1. The Hall–Kier alpha value is -4.88. The highest BCUT2D eigenvalue weighted by Crippen LogP contribution is 2.32. The minimum atomic E-state index is -0.0657. The summed E-state index contributed by atoms with van der Waals surface area (Å²) in [5.74, 6) is 3.42. The second-order valence-electron chi connectivity index (χ2n) is 9.42. The maximum Gasteiger partial charge on any atom is 0.253 e. The van der Waals surface area contributed by atoms with E-state index in [1.165, 1.54) is 18.9 Å². The van der Waals surface area contributed by atoms with Crippen molar-refractivity contribution in [1.82, 2.24) is 15.2 Å². The Morgan fingerprint density at radius 1 is 1.05 bits per heavy atom. The number of methoxy groups -OCH3 is 1. The van der Waals surface area contributed by atoms with E-state index < -0.39 is 0 Å². The van der Waals surface area contributed by atoms with Crippen molar-refractivity contribution in [2.75, 3.05) is 44.9 Å². The van der Waals surface area contributed by atoms with Crippen LogP contribution in [0.4, 0.5) is 11.5 Å². The van der Waals surface area contributed by atoms with Gasteiger partial charge in [0.05, 0.1) is 12.8 Å². The number of ether oxygens (including phenoxy) is 1. The van der Waals surface area contributed by atoms with Gasteiger partial charge in [-0.15, -0.1) is 0 Å². The van der Waals surface area contributed by atoms with E-state index in [4.69, 9.17) is 10.1 Å². The Morgan fingerprint density at radius 2 is 1.75 bits per heavy atom. The topological polar surface area (TPSA) is 119 Å². The lowest BCUT2D eigenvalue weighted by Gasteiger charge is -2.32. The lowest BCUT2D eigenvalue weighted by atomic mass is 9.88. The fourth-order valence-electron chi connectivity index (χ4n) is 4.83. The molecule has 1 amide bonds. The summed E-state index contributed by atoms with van der Waals surface area (Å²) in [6.07, 6.45) is 6.45. The summed E-state index contributed by atoms with van der Waals surface area (Å²) in [7, 11) is 5.12. The van der Waals surface area contributed by atoms with E-state index in [9.17, 15) is 9.59 Å². The SMILES string of the molecule is CN/C=C(\C=N)c1ccc(C2CCN(C(=O)c3ccc(OC)c(NC(=C=O)c4ccc(NC)nc4)c3)CC2)cc1. The van der Waals surface area contributed by atoms with E-state index >= 15 is 0 Å². The van der Waals surface area contributed by atoms with Crippen LogP contribution in [0.15, 0.2) is 67.0 Å². The number of nitrogens with one attached hydrogen (secondary N) is 4. The minimum Gasteiger partial charge on any atom is -0.495 e. The molecule has 0 atom stereocenters. The van der Waals surface area contributed by atoms with Crippen LogP contribution in [0.25, 0.3) is 11.3 Å². The van der Waals surface area contributed by atoms with Crippen molar-refractivity contribution in [3.8, 4) is 5.75 Å². The number of rotatable bonds is 10. The highest BCUT2D eigenvalue weighted by Gasteiger charge is 2.25. The van der Waals surface area contributed by atoms with Gasteiger partial charge in [-0.05, 0) is 60.2 Å². The average molecular weight is 539 g/mol. The first-order valence-electron chi connectivity index (χ1n) is 13.1. The lowest BCUT2D eigenvalue weighted by Crippen LogP contribution is -2.37. The first-order chi connectivity index (χ1) is 19.5. The average Bonchev–Trinajstić information content (AvgIpc) is 3.02. The number of piperidine rings is 1. The fraction of sp³-hybridized carbons (Fsp3) is 0.258. The van der Waals surface area contributed by atoms with Gasteiger partial charge in [-0.1, -0.05) is 24.3 Å². The second kappa shape index (κ2) is 13.3. The summed E-state index contributed by atoms with van der Waals surface area (Å²) in [5, 5.41) is 16.6. The Balaban J connectivity index is 1.44. The Morgan fingerprint density at radius 3 is 2.33 bits per heavy atom. The normalized spacial score (nSPS) is 13.7. The van der Waals surface area contributed by atoms with E-state index in [1.807, 2.05) is 30.0 Å². The van der Waals surface area contributed by atoms with Crippen LogP contribution >= 0.6 is 0 Å². The third kappa shape index (κ3) is 6.39. The summed E-state index contributed by atoms with van der Waals surface area (Å²) >= 11 is 0. The highest BCUT2D eigenvalue weighted by molar-refractivity contribution is 6.08. The molecule has 1 fully saturated rings. The zero-order valence-corrected chi connectivity index (χ0v) is 23.0. The van der Waals surface area contributed by atoms with Crippen molar-refractivity contribution in [3.05, 3.63) is 89.2 Å². The van der Waals surface area contributed by atoms with Gasteiger partial charge >= 0.3 is 0 Å². The monoisotopic (exact) mass is 538 g/mol. The molecule has 0 bridgehead atoms. The van der Waals surface area contributed by atoms with Crippen LogP contribution in [0.5, 0.6) is 5.75 Å². The van der Waals surface area contributed by atoms with Gasteiger partial charge in [0.1, 0.15) is 17.3 Å². The number of allylic oxidation sites excluding steroid dienone is 1. The van der Waals surface area contributed by atoms with Gasteiger partial charge in [0.15, 0.2) is 5.94 Å². The number of hydrogen-bond donors (Lipinski definition) is 4. The molecular weight excluding hydrogens is 504 g/mol. The molecule has 1 aliphatic heterocycles. The molecule has 4 rings (SSSR count). The lowest BCUT2D eigenvalue weighted by molar-refractivity contribution is 0.0713. The molecule has 40 heavy (non-hydrogen) atoms. The predicted molar refractivity (Wildman–Crippen MR) is 160 cm³/mol. The van der Waals surface area contributed by atoms with Crippen LogP contribution in [0.1, 0.15) is 45.8 Å². The van der Waals surface area contributed by atoms with Crippen LogP contribution in [-0.2, 0) is 4.79 Å². The standard InChI is InChI=1S/C31H34N6O3/c1-33-18-26(17-32)22-6-4-21(5-7-22)23-12-14-37(15-13-23)31(39)24-8-10-29(40-3)27(16-24)36-28(20-38)25-9-11-30(34-2)35-19-25/h4-11,16-19,23,32-33,36H,12-15H2,1-3H3,(H,34,35)/b26-18+,32-17?. The molecule has 9 heteroatoms. The number of amides is 1. The zero-order chi connectivity index (χ0) is 28.5. The number of likely N-dealkylation sites (tertiary alicyclic amines) is 1. The molecule has 1 aromatic heterocycles. The van der Waals surface area contributed by atoms with Crippen molar-refractivity contribution < 1.29 is 14.3 Å². The van der Waals surface area contributed by atoms with Crippen LogP contribution in [0, 0.1) is 5.41 Å². The molecule has 4 N–H and O–H groups in total. The first kappa shape index (κ1) is 28.1. The molecule has 0 unspecified atom stereocenters. The summed E-state index contributed by atoms with van der Waals surface area (Å²) in [6, 6.07) is 17.0. The molecule has 206 valence electrons. The second-order valence-corrected chi connectivity index (χ2v) is 9.42. The molecule has 0 radical (unpaired) electrons. The van der Waals surface area contributed by atoms with E-state index in [0.717, 1.165) is 24.0 Å². The fourth-order valence-corrected chi connectivity index (χ4v) is 4.83. The van der Waals surface area contributed by atoms with Crippen LogP contribution < -0.4 is 20.7 Å². The van der Waals surface area contributed by atoms with Crippen molar-refractivity contribution in [3.63, 3.8) is 0 Å². The summed E-state index contributed by atoms with van der Waals surface area (Å²) in [4.78, 5) is 31.3. The van der Waals surface area contributed by atoms with Crippen LogP contribution in [-0.4, -0.2) is 62.2 Å². The van der Waals surface area contributed by atoms with E-state index in [2.05, 4.69) is 33.1 Å². The molecule has 0 aliphatic carbocycles.